The van der Waals surface area contributed by atoms with Crippen LogP contribution in [0.2, 0.25) is 0 Å². The molecule has 1 fully saturated rings. The van der Waals surface area contributed by atoms with Crippen molar-refractivity contribution < 1.29 is 9.53 Å². The van der Waals surface area contributed by atoms with Crippen LogP contribution in [0.15, 0.2) is 48.7 Å². The van der Waals surface area contributed by atoms with Gasteiger partial charge >= 0.3 is 0 Å². The predicted octanol–water partition coefficient (Wildman–Crippen LogP) is 3.41. The molecular weight excluding hydrogens is 400 g/mol. The van der Waals surface area contributed by atoms with Gasteiger partial charge in [-0.15, -0.1) is 0 Å². The number of nitrogens with one attached hydrogen (secondary N) is 2. The number of H-pyrrole nitrogens is 1. The Bertz CT molecular complexity index is 1110. The quantitative estimate of drug-likeness (QED) is 0.631. The fraction of sp³-hybridized carbons (Fsp3) is 0.308. The Morgan fingerprint density at radius 2 is 1.91 bits per heavy atom. The smallest absolute Gasteiger partial charge is 0.253 e. The van der Waals surface area contributed by atoms with Gasteiger partial charge in [-0.05, 0) is 41.8 Å². The number of carbonyl (C=O) groups is 1. The summed E-state index contributed by atoms with van der Waals surface area (Å²) in [5, 5.41) is 2.89. The second kappa shape index (κ2) is 9.51. The number of benzene rings is 1. The van der Waals surface area contributed by atoms with Crippen molar-refractivity contribution in [2.45, 2.75) is 12.8 Å². The Hall–Kier alpha value is -3.22. The van der Waals surface area contributed by atoms with Crippen LogP contribution < -0.4 is 5.32 Å². The second-order valence-corrected chi connectivity index (χ2v) is 8.33. The zero-order chi connectivity index (χ0) is 21.8. The summed E-state index contributed by atoms with van der Waals surface area (Å²) in [6, 6.07) is 14.7. The molecule has 4 heterocycles. The first kappa shape index (κ1) is 20.7. The van der Waals surface area contributed by atoms with E-state index in [-0.39, 0.29) is 5.91 Å². The molecule has 0 atom stereocenters. The van der Waals surface area contributed by atoms with Crippen molar-refractivity contribution in [3.8, 4) is 11.3 Å². The summed E-state index contributed by atoms with van der Waals surface area (Å²) in [7, 11) is 0. The molecule has 6 nitrogen and oxygen atoms in total. The zero-order valence-electron chi connectivity index (χ0n) is 18.1. The van der Waals surface area contributed by atoms with Crippen LogP contribution in [0.5, 0.6) is 0 Å². The first-order valence-electron chi connectivity index (χ1n) is 11.3. The molecule has 3 aromatic rings. The maximum Gasteiger partial charge on any atom is 0.253 e. The number of rotatable bonds is 6. The Morgan fingerprint density at radius 1 is 1.06 bits per heavy atom. The highest BCUT2D eigenvalue weighted by molar-refractivity contribution is 5.97. The van der Waals surface area contributed by atoms with E-state index in [1.807, 2.05) is 30.5 Å². The summed E-state index contributed by atoms with van der Waals surface area (Å²) in [5.74, 6) is -0.00341. The number of ether oxygens (including phenoxy) is 1. The zero-order valence-corrected chi connectivity index (χ0v) is 18.1. The molecule has 0 saturated carbocycles. The summed E-state index contributed by atoms with van der Waals surface area (Å²) in [6.07, 6.45) is 7.82. The lowest BCUT2D eigenvalue weighted by molar-refractivity contribution is 0.0384. The van der Waals surface area contributed by atoms with E-state index in [0.717, 1.165) is 79.5 Å². The molecule has 2 aliphatic rings. The summed E-state index contributed by atoms with van der Waals surface area (Å²) < 4.78 is 5.41. The number of aromatic nitrogens is 2. The molecule has 2 aliphatic heterocycles. The van der Waals surface area contributed by atoms with Gasteiger partial charge in [0, 0.05) is 55.7 Å². The highest BCUT2D eigenvalue weighted by atomic mass is 16.5. The maximum absolute atomic E-state index is 12.0. The maximum atomic E-state index is 12.0. The lowest BCUT2D eigenvalue weighted by Gasteiger charge is -2.26. The van der Waals surface area contributed by atoms with Crippen LogP contribution in [-0.2, 0) is 17.6 Å². The van der Waals surface area contributed by atoms with Crippen LogP contribution >= 0.6 is 0 Å². The first-order valence-corrected chi connectivity index (χ1v) is 11.3. The van der Waals surface area contributed by atoms with E-state index in [1.165, 1.54) is 5.56 Å². The predicted molar refractivity (Wildman–Crippen MR) is 126 cm³/mol. The van der Waals surface area contributed by atoms with Crippen molar-refractivity contribution in [2.24, 2.45) is 0 Å². The minimum Gasteiger partial charge on any atom is -0.379 e. The van der Waals surface area contributed by atoms with Gasteiger partial charge in [0.1, 0.15) is 0 Å². The van der Waals surface area contributed by atoms with Gasteiger partial charge in [-0.3, -0.25) is 14.7 Å². The van der Waals surface area contributed by atoms with Gasteiger partial charge in [-0.1, -0.05) is 30.3 Å². The Morgan fingerprint density at radius 3 is 2.72 bits per heavy atom. The fourth-order valence-electron chi connectivity index (χ4n) is 4.24. The van der Waals surface area contributed by atoms with Crippen molar-refractivity contribution in [3.05, 3.63) is 76.7 Å². The number of morpholine rings is 1. The topological polar surface area (TPSA) is 70.2 Å². The third kappa shape index (κ3) is 4.82. The molecule has 0 spiro atoms. The second-order valence-electron chi connectivity index (χ2n) is 8.33. The minimum absolute atomic E-state index is 0.00341. The monoisotopic (exact) mass is 428 g/mol. The molecule has 5 rings (SSSR count). The van der Waals surface area contributed by atoms with Crippen LogP contribution in [-0.4, -0.2) is 60.2 Å². The van der Waals surface area contributed by atoms with Gasteiger partial charge in [-0.2, -0.15) is 0 Å². The summed E-state index contributed by atoms with van der Waals surface area (Å²) >= 11 is 0. The molecule has 32 heavy (non-hydrogen) atoms. The number of fused-ring (bicyclic) bond motifs is 1. The van der Waals surface area contributed by atoms with E-state index in [2.05, 4.69) is 50.5 Å². The molecule has 0 aliphatic carbocycles. The number of pyridine rings is 1. The highest BCUT2D eigenvalue weighted by Gasteiger charge is 2.19. The van der Waals surface area contributed by atoms with E-state index in [9.17, 15) is 4.79 Å². The number of hydrogen-bond donors (Lipinski definition) is 2. The summed E-state index contributed by atoms with van der Waals surface area (Å²) in [4.78, 5) is 22.4. The third-order valence-corrected chi connectivity index (χ3v) is 6.14. The summed E-state index contributed by atoms with van der Waals surface area (Å²) in [5.41, 5.74) is 7.12. The molecule has 0 bridgehead atoms. The van der Waals surface area contributed by atoms with Gasteiger partial charge in [0.05, 0.1) is 24.5 Å². The van der Waals surface area contributed by atoms with E-state index in [4.69, 9.17) is 4.74 Å². The highest BCUT2D eigenvalue weighted by Crippen LogP contribution is 2.24. The fourth-order valence-corrected chi connectivity index (χ4v) is 4.24. The number of amides is 1. The van der Waals surface area contributed by atoms with Gasteiger partial charge in [0.25, 0.3) is 5.91 Å². The third-order valence-electron chi connectivity index (χ3n) is 6.14. The van der Waals surface area contributed by atoms with Crippen molar-refractivity contribution in [1.82, 2.24) is 20.2 Å². The van der Waals surface area contributed by atoms with Gasteiger partial charge in [0.2, 0.25) is 0 Å². The first-order chi connectivity index (χ1) is 15.7. The Kier molecular flexibility index (Phi) is 6.14. The number of hydrogen-bond acceptors (Lipinski definition) is 4. The lowest BCUT2D eigenvalue weighted by atomic mass is 10.1. The standard InChI is InChI=1S/C26H28N4O2/c31-26-23-18-25(29-24(23)8-11-28-26)21-7-10-27-22(17-21)6-5-19-1-3-20(4-2-19)9-12-30-13-15-32-16-14-30/h1-7,10,17-18,29H,8-9,11-16H2,(H,28,31). The molecule has 1 saturated heterocycles. The van der Waals surface area contributed by atoms with Crippen LogP contribution in [0.4, 0.5) is 0 Å². The average molecular weight is 429 g/mol. The van der Waals surface area contributed by atoms with Crippen molar-refractivity contribution in [1.29, 1.82) is 0 Å². The van der Waals surface area contributed by atoms with Crippen molar-refractivity contribution >= 4 is 18.1 Å². The minimum atomic E-state index is -0.00341. The molecule has 0 radical (unpaired) electrons. The van der Waals surface area contributed by atoms with Crippen LogP contribution in [0, 0.1) is 0 Å². The largest absolute Gasteiger partial charge is 0.379 e. The number of nitrogens with zero attached hydrogens (tertiary/aromatic N) is 2. The average Bonchev–Trinajstić information content (AvgIpc) is 3.29. The van der Waals surface area contributed by atoms with E-state index in [1.54, 1.807) is 0 Å². The number of aromatic amines is 1. The van der Waals surface area contributed by atoms with E-state index < -0.39 is 0 Å². The number of carbonyl (C=O) groups excluding carboxylic acids is 1. The summed E-state index contributed by atoms with van der Waals surface area (Å²) in [6.45, 7) is 5.53. The molecular formula is C26H28N4O2. The molecule has 2 aromatic heterocycles. The SMILES string of the molecule is O=C1NCCc2[nH]c(-c3ccnc(C=Cc4ccc(CCN5CCOCC5)cc4)c3)cc21. The van der Waals surface area contributed by atoms with E-state index >= 15 is 0 Å². The molecule has 1 aromatic carbocycles. The van der Waals surface area contributed by atoms with Gasteiger partial charge < -0.3 is 15.0 Å². The normalized spacial score (nSPS) is 16.8. The van der Waals surface area contributed by atoms with E-state index in [0.29, 0.717) is 6.54 Å². The lowest BCUT2D eigenvalue weighted by Crippen LogP contribution is -2.37. The Labute approximate surface area is 188 Å². The van der Waals surface area contributed by atoms with Gasteiger partial charge in [-0.25, -0.2) is 0 Å². The van der Waals surface area contributed by atoms with Crippen LogP contribution in [0.3, 0.4) is 0 Å². The molecule has 0 unspecified atom stereocenters. The Balaban J connectivity index is 1.23. The van der Waals surface area contributed by atoms with Gasteiger partial charge in [0.15, 0.2) is 0 Å². The molecule has 2 N–H and O–H groups in total. The molecule has 6 heteroatoms. The van der Waals surface area contributed by atoms with Crippen molar-refractivity contribution in [2.75, 3.05) is 39.4 Å². The molecule has 164 valence electrons. The van der Waals surface area contributed by atoms with Crippen LogP contribution in [0.25, 0.3) is 23.4 Å². The van der Waals surface area contributed by atoms with Crippen LogP contribution in [0.1, 0.15) is 32.9 Å². The van der Waals surface area contributed by atoms with Crippen molar-refractivity contribution in [3.63, 3.8) is 0 Å². The molecule has 1 amide bonds.